The molecule has 1 heterocycles. The van der Waals surface area contributed by atoms with Crippen molar-refractivity contribution < 1.29 is 8.42 Å². The Morgan fingerprint density at radius 3 is 2.74 bits per heavy atom. The first-order valence-electron chi connectivity index (χ1n) is 5.70. The van der Waals surface area contributed by atoms with Gasteiger partial charge in [-0.15, -0.1) is 24.0 Å². The van der Waals surface area contributed by atoms with E-state index in [4.69, 9.17) is 5.14 Å². The van der Waals surface area contributed by atoms with Crippen LogP contribution in [0.5, 0.6) is 0 Å². The molecule has 1 aliphatic rings. The van der Waals surface area contributed by atoms with E-state index in [-0.39, 0.29) is 28.9 Å². The molecule has 0 amide bonds. The lowest BCUT2D eigenvalue weighted by Crippen LogP contribution is -2.40. The Balaban J connectivity index is 0.00000180. The van der Waals surface area contributed by atoms with Crippen LogP contribution in [0.1, 0.15) is 12.0 Å². The fourth-order valence-electron chi connectivity index (χ4n) is 1.76. The van der Waals surface area contributed by atoms with Gasteiger partial charge in [0.2, 0.25) is 10.0 Å². The molecule has 4 N–H and O–H groups in total. The summed E-state index contributed by atoms with van der Waals surface area (Å²) in [7, 11) is -3.69. The topological polar surface area (TPSA) is 96.6 Å². The van der Waals surface area contributed by atoms with Gasteiger partial charge in [-0.1, -0.05) is 18.2 Å². The molecule has 106 valence electrons. The molecular weight excluding hydrogens is 379 g/mol. The number of hydrogen-bond donors (Lipinski definition) is 3. The van der Waals surface area contributed by atoms with Crippen LogP contribution >= 0.6 is 24.0 Å². The van der Waals surface area contributed by atoms with Crippen molar-refractivity contribution in [2.24, 2.45) is 10.1 Å². The van der Waals surface area contributed by atoms with Gasteiger partial charge < -0.3 is 10.6 Å². The molecule has 0 spiro atoms. The van der Waals surface area contributed by atoms with E-state index in [1.807, 2.05) is 0 Å². The summed E-state index contributed by atoms with van der Waals surface area (Å²) in [5.74, 6) is 0.700. The fourth-order valence-corrected chi connectivity index (χ4v) is 2.53. The summed E-state index contributed by atoms with van der Waals surface area (Å²) >= 11 is 0. The van der Waals surface area contributed by atoms with Gasteiger partial charge in [0.25, 0.3) is 0 Å². The van der Waals surface area contributed by atoms with Crippen molar-refractivity contribution >= 4 is 40.0 Å². The Bertz CT molecular complexity index is 560. The molecule has 0 aromatic heterocycles. The minimum atomic E-state index is -3.69. The summed E-state index contributed by atoms with van der Waals surface area (Å²) in [5, 5.41) is 11.3. The number of hydrogen-bond acceptors (Lipinski definition) is 5. The van der Waals surface area contributed by atoms with E-state index in [1.54, 1.807) is 18.2 Å². The quantitative estimate of drug-likeness (QED) is 0.645. The van der Waals surface area contributed by atoms with Crippen molar-refractivity contribution in [2.75, 3.05) is 13.1 Å². The lowest BCUT2D eigenvalue weighted by molar-refractivity contribution is 0.596. The average Bonchev–Trinajstić information content (AvgIpc) is 2.37. The van der Waals surface area contributed by atoms with Gasteiger partial charge in [-0.3, -0.25) is 4.99 Å². The monoisotopic (exact) mass is 396 g/mol. The van der Waals surface area contributed by atoms with Gasteiger partial charge in [0, 0.05) is 19.6 Å². The number of halogens is 1. The molecule has 0 atom stereocenters. The van der Waals surface area contributed by atoms with Crippen molar-refractivity contribution in [3.8, 4) is 0 Å². The van der Waals surface area contributed by atoms with Crippen molar-refractivity contribution in [2.45, 2.75) is 17.9 Å². The predicted molar refractivity (Wildman–Crippen MR) is 85.0 cm³/mol. The van der Waals surface area contributed by atoms with Gasteiger partial charge >= 0.3 is 0 Å². The molecule has 19 heavy (non-hydrogen) atoms. The Morgan fingerprint density at radius 1 is 1.37 bits per heavy atom. The third kappa shape index (κ3) is 4.62. The zero-order valence-electron chi connectivity index (χ0n) is 10.3. The summed E-state index contributed by atoms with van der Waals surface area (Å²) in [6.45, 7) is 2.03. The number of aliphatic imine (C=N–C) groups is 1. The molecule has 6 nitrogen and oxygen atoms in total. The number of rotatable bonds is 3. The maximum absolute atomic E-state index is 11.4. The highest BCUT2D eigenvalue weighted by molar-refractivity contribution is 14.0. The Morgan fingerprint density at radius 2 is 2.11 bits per heavy atom. The highest BCUT2D eigenvalue weighted by Crippen LogP contribution is 2.13. The first-order chi connectivity index (χ1) is 8.57. The van der Waals surface area contributed by atoms with Crippen molar-refractivity contribution in [3.63, 3.8) is 0 Å². The van der Waals surface area contributed by atoms with E-state index in [0.29, 0.717) is 18.1 Å². The van der Waals surface area contributed by atoms with Crippen molar-refractivity contribution in [1.82, 2.24) is 10.6 Å². The molecule has 0 fully saturated rings. The number of primary sulfonamides is 1. The van der Waals surface area contributed by atoms with E-state index in [2.05, 4.69) is 15.6 Å². The Kier molecular flexibility index (Phi) is 6.01. The molecular formula is C11H17IN4O2S. The maximum Gasteiger partial charge on any atom is 0.238 e. The third-order valence-electron chi connectivity index (χ3n) is 2.62. The zero-order chi connectivity index (χ0) is 13.0. The summed E-state index contributed by atoms with van der Waals surface area (Å²) < 4.78 is 22.8. The van der Waals surface area contributed by atoms with Crippen molar-refractivity contribution in [1.29, 1.82) is 0 Å². The number of nitrogens with zero attached hydrogens (tertiary/aromatic N) is 1. The maximum atomic E-state index is 11.4. The molecule has 1 aliphatic heterocycles. The van der Waals surface area contributed by atoms with Crippen molar-refractivity contribution in [3.05, 3.63) is 29.8 Å². The summed E-state index contributed by atoms with van der Waals surface area (Å²) in [5.41, 5.74) is 0.634. The standard InChI is InChI=1S/C11H16N4O2S.HI/c12-18(16,17)10-5-2-1-4-9(10)8-15-11-13-6-3-7-14-11;/h1-2,4-5H,3,6-8H2,(H2,12,16,17)(H2,13,14,15);1H. The van der Waals surface area contributed by atoms with E-state index >= 15 is 0 Å². The molecule has 8 heteroatoms. The first kappa shape index (κ1) is 16.2. The molecule has 0 aliphatic carbocycles. The first-order valence-corrected chi connectivity index (χ1v) is 7.25. The van der Waals surface area contributed by atoms with Gasteiger partial charge in [0.05, 0.1) is 4.90 Å². The van der Waals surface area contributed by atoms with E-state index < -0.39 is 10.0 Å². The largest absolute Gasteiger partial charge is 0.356 e. The number of nitrogens with two attached hydrogens (primary N) is 1. The van der Waals surface area contributed by atoms with Crippen LogP contribution in [0.3, 0.4) is 0 Å². The summed E-state index contributed by atoms with van der Waals surface area (Å²) in [6, 6.07) is 6.67. The lowest BCUT2D eigenvalue weighted by atomic mass is 10.2. The smallest absolute Gasteiger partial charge is 0.238 e. The molecule has 0 unspecified atom stereocenters. The number of benzene rings is 1. The SMILES string of the molecule is I.NS(=O)(=O)c1ccccc1CNC1=NCCCN1. The number of guanidine groups is 1. The number of sulfonamides is 1. The van der Waals surface area contributed by atoms with E-state index in [1.165, 1.54) is 6.07 Å². The molecule has 0 radical (unpaired) electrons. The normalized spacial score (nSPS) is 14.9. The van der Waals surface area contributed by atoms with Crippen LogP contribution in [0.25, 0.3) is 0 Å². The molecule has 1 aromatic rings. The van der Waals surface area contributed by atoms with E-state index in [9.17, 15) is 8.42 Å². The lowest BCUT2D eigenvalue weighted by Gasteiger charge is -2.16. The predicted octanol–water partition coefficient (Wildman–Crippen LogP) is 0.391. The summed E-state index contributed by atoms with van der Waals surface area (Å²) in [4.78, 5) is 4.40. The molecule has 1 aromatic carbocycles. The Hall–Kier alpha value is -0.870. The minimum Gasteiger partial charge on any atom is -0.356 e. The third-order valence-corrected chi connectivity index (χ3v) is 3.63. The fraction of sp³-hybridized carbons (Fsp3) is 0.364. The van der Waals surface area contributed by atoms with Gasteiger partial charge in [0.15, 0.2) is 5.96 Å². The minimum absolute atomic E-state index is 0. The highest BCUT2D eigenvalue weighted by atomic mass is 127. The van der Waals surface area contributed by atoms with Gasteiger partial charge in [0.1, 0.15) is 0 Å². The highest BCUT2D eigenvalue weighted by Gasteiger charge is 2.13. The van der Waals surface area contributed by atoms with Gasteiger partial charge in [-0.25, -0.2) is 13.6 Å². The second-order valence-corrected chi connectivity index (χ2v) is 5.55. The molecule has 0 saturated carbocycles. The zero-order valence-corrected chi connectivity index (χ0v) is 13.4. The second-order valence-electron chi connectivity index (χ2n) is 4.02. The van der Waals surface area contributed by atoms with E-state index in [0.717, 1.165) is 19.5 Å². The van der Waals surface area contributed by atoms with Crippen LogP contribution in [0.15, 0.2) is 34.2 Å². The van der Waals surface area contributed by atoms with Crippen LogP contribution < -0.4 is 15.8 Å². The second kappa shape index (κ2) is 7.06. The van der Waals surface area contributed by atoms with Crippen LogP contribution in [-0.4, -0.2) is 27.5 Å². The molecule has 0 saturated heterocycles. The number of nitrogens with one attached hydrogen (secondary N) is 2. The van der Waals surface area contributed by atoms with Crippen LogP contribution in [-0.2, 0) is 16.6 Å². The van der Waals surface area contributed by atoms with Gasteiger partial charge in [-0.2, -0.15) is 0 Å². The Labute approximate surface area is 129 Å². The molecule has 2 rings (SSSR count). The van der Waals surface area contributed by atoms with Gasteiger partial charge in [-0.05, 0) is 18.1 Å². The summed E-state index contributed by atoms with van der Waals surface area (Å²) in [6.07, 6.45) is 1.01. The average molecular weight is 396 g/mol. The molecule has 0 bridgehead atoms. The van der Waals surface area contributed by atoms with Crippen LogP contribution in [0.2, 0.25) is 0 Å². The van der Waals surface area contributed by atoms with Crippen LogP contribution in [0, 0.1) is 0 Å². The van der Waals surface area contributed by atoms with Crippen LogP contribution in [0.4, 0.5) is 0 Å².